The fourth-order valence-corrected chi connectivity index (χ4v) is 8.08. The van der Waals surface area contributed by atoms with Gasteiger partial charge in [-0.25, -0.2) is 17.2 Å². The zero-order chi connectivity index (χ0) is 27.3. The lowest BCUT2D eigenvalue weighted by Gasteiger charge is -2.38. The van der Waals surface area contributed by atoms with Crippen molar-refractivity contribution in [2.24, 2.45) is 5.92 Å². The molecule has 0 aliphatic carbocycles. The van der Waals surface area contributed by atoms with Crippen molar-refractivity contribution >= 4 is 27.5 Å². The van der Waals surface area contributed by atoms with E-state index in [1.807, 2.05) is 0 Å². The molecule has 3 saturated heterocycles. The van der Waals surface area contributed by atoms with E-state index in [1.54, 1.807) is 24.0 Å². The minimum Gasteiger partial charge on any atom is -0.370 e. The van der Waals surface area contributed by atoms with E-state index >= 15 is 0 Å². The van der Waals surface area contributed by atoms with Crippen molar-refractivity contribution < 1.29 is 26.7 Å². The van der Waals surface area contributed by atoms with Crippen LogP contribution in [0.4, 0.5) is 8.78 Å². The number of nitrogens with one attached hydrogen (secondary N) is 1. The minimum atomic E-state index is -4.13. The highest BCUT2D eigenvalue weighted by Gasteiger charge is 2.46. The maximum atomic E-state index is 14.3. The quantitative estimate of drug-likeness (QED) is 0.461. The smallest absolute Gasteiger partial charge is 0.251 e. The van der Waals surface area contributed by atoms with Crippen molar-refractivity contribution in [1.29, 1.82) is 0 Å². The van der Waals surface area contributed by atoms with Gasteiger partial charge in [-0.2, -0.15) is 4.31 Å². The Morgan fingerprint density at radius 2 is 1.97 bits per heavy atom. The number of benzene rings is 1. The third-order valence-electron chi connectivity index (χ3n) is 7.88. The Labute approximate surface area is 229 Å². The zero-order valence-electron chi connectivity index (χ0n) is 22.0. The number of carbonyl (C=O) groups excluding carboxylic acids is 1. The summed E-state index contributed by atoms with van der Waals surface area (Å²) in [5.74, 6) is -2.44. The predicted molar refractivity (Wildman–Crippen MR) is 142 cm³/mol. The van der Waals surface area contributed by atoms with Gasteiger partial charge in [-0.3, -0.25) is 9.69 Å². The van der Waals surface area contributed by atoms with Crippen LogP contribution in [-0.4, -0.2) is 106 Å². The second kappa shape index (κ2) is 12.9. The molecule has 0 saturated carbocycles. The third kappa shape index (κ3) is 7.42. The molecule has 0 radical (unpaired) electrons. The van der Waals surface area contributed by atoms with Gasteiger partial charge in [0.2, 0.25) is 15.9 Å². The number of piperazine rings is 1. The average molecular weight is 577 g/mol. The standard InChI is InChI=1S/C26H39ClF2N4O4S/c1-20-4-2-6-23(27)25(20)38(35,36)33-11-8-26(28,29)16-22(33)18-37-19-24(34)32-14-12-31(13-15-32)10-3-5-21-7-9-30-17-21/h2,4,6,21-22,30H,3,5,7-19H2,1H3/t21?,22-/m0/s1. The Balaban J connectivity index is 1.27. The molecule has 1 aromatic rings. The van der Waals surface area contributed by atoms with Gasteiger partial charge in [0.05, 0.1) is 17.7 Å². The number of rotatable bonds is 10. The first kappa shape index (κ1) is 29.6. The van der Waals surface area contributed by atoms with E-state index < -0.39 is 34.8 Å². The second-order valence-electron chi connectivity index (χ2n) is 10.7. The van der Waals surface area contributed by atoms with Gasteiger partial charge in [-0.15, -0.1) is 0 Å². The van der Waals surface area contributed by atoms with Crippen LogP contribution in [0.3, 0.4) is 0 Å². The van der Waals surface area contributed by atoms with Crippen LogP contribution in [0.15, 0.2) is 23.1 Å². The first-order valence-corrected chi connectivity index (χ1v) is 15.3. The average Bonchev–Trinajstić information content (AvgIpc) is 3.37. The fourth-order valence-electron chi connectivity index (χ4n) is 5.68. The number of piperidine rings is 1. The van der Waals surface area contributed by atoms with Crippen LogP contribution in [0.25, 0.3) is 0 Å². The van der Waals surface area contributed by atoms with Gasteiger partial charge in [0.15, 0.2) is 0 Å². The molecule has 3 fully saturated rings. The Kier molecular flexibility index (Phi) is 10.0. The summed E-state index contributed by atoms with van der Waals surface area (Å²) in [6.45, 7) is 6.77. The second-order valence-corrected chi connectivity index (χ2v) is 12.9. The van der Waals surface area contributed by atoms with Gasteiger partial charge in [0.25, 0.3) is 5.92 Å². The van der Waals surface area contributed by atoms with Crippen molar-refractivity contribution in [3.8, 4) is 0 Å². The van der Waals surface area contributed by atoms with Crippen molar-refractivity contribution in [1.82, 2.24) is 19.4 Å². The molecule has 2 atom stereocenters. The molecule has 214 valence electrons. The summed E-state index contributed by atoms with van der Waals surface area (Å²) in [6, 6.07) is 3.63. The van der Waals surface area contributed by atoms with Gasteiger partial charge in [-0.05, 0) is 63.4 Å². The molecule has 3 aliphatic heterocycles. The zero-order valence-corrected chi connectivity index (χ0v) is 23.6. The Hall–Kier alpha value is -1.37. The summed E-state index contributed by atoms with van der Waals surface area (Å²) >= 11 is 6.20. The van der Waals surface area contributed by atoms with E-state index in [1.165, 1.54) is 18.9 Å². The number of sulfonamides is 1. The molecule has 1 aromatic carbocycles. The largest absolute Gasteiger partial charge is 0.370 e. The number of nitrogens with zero attached hydrogens (tertiary/aromatic N) is 3. The SMILES string of the molecule is Cc1cccc(Cl)c1S(=O)(=O)N1CCC(F)(F)C[C@H]1COCC(=O)N1CCN(CCCC2CCNC2)CC1. The lowest BCUT2D eigenvalue weighted by atomic mass is 10.0. The molecule has 3 aliphatic rings. The maximum absolute atomic E-state index is 14.3. The molecule has 0 bridgehead atoms. The summed E-state index contributed by atoms with van der Waals surface area (Å²) in [5, 5.41) is 3.45. The van der Waals surface area contributed by atoms with E-state index in [2.05, 4.69) is 10.2 Å². The van der Waals surface area contributed by atoms with Gasteiger partial charge in [0.1, 0.15) is 11.5 Å². The summed E-state index contributed by atoms with van der Waals surface area (Å²) in [5.41, 5.74) is 0.444. The number of halogens is 3. The highest BCUT2D eigenvalue weighted by atomic mass is 35.5. The minimum absolute atomic E-state index is 0.0480. The van der Waals surface area contributed by atoms with Crippen LogP contribution in [0.2, 0.25) is 5.02 Å². The van der Waals surface area contributed by atoms with E-state index in [9.17, 15) is 22.0 Å². The number of hydrogen-bond donors (Lipinski definition) is 1. The highest BCUT2D eigenvalue weighted by Crippen LogP contribution is 2.37. The first-order chi connectivity index (χ1) is 18.1. The number of ether oxygens (including phenoxy) is 1. The maximum Gasteiger partial charge on any atom is 0.251 e. The Morgan fingerprint density at radius 3 is 2.66 bits per heavy atom. The lowest BCUT2D eigenvalue weighted by molar-refractivity contribution is -0.139. The molecule has 3 heterocycles. The van der Waals surface area contributed by atoms with Crippen LogP contribution in [0.5, 0.6) is 0 Å². The molecule has 0 aromatic heterocycles. The van der Waals surface area contributed by atoms with E-state index in [0.29, 0.717) is 18.7 Å². The number of hydrogen-bond acceptors (Lipinski definition) is 6. The van der Waals surface area contributed by atoms with Crippen molar-refractivity contribution in [3.63, 3.8) is 0 Å². The molecule has 1 amide bonds. The highest BCUT2D eigenvalue weighted by molar-refractivity contribution is 7.89. The monoisotopic (exact) mass is 576 g/mol. The number of alkyl halides is 2. The van der Waals surface area contributed by atoms with Crippen molar-refractivity contribution in [2.75, 3.05) is 65.6 Å². The predicted octanol–water partition coefficient (Wildman–Crippen LogP) is 2.99. The summed E-state index contributed by atoms with van der Waals surface area (Å²) in [6.07, 6.45) is 2.39. The van der Waals surface area contributed by atoms with Crippen LogP contribution < -0.4 is 5.32 Å². The molecule has 38 heavy (non-hydrogen) atoms. The molecular formula is C26H39ClF2N4O4S. The Morgan fingerprint density at radius 1 is 1.21 bits per heavy atom. The van der Waals surface area contributed by atoms with Crippen LogP contribution in [0.1, 0.15) is 37.7 Å². The molecule has 1 N–H and O–H groups in total. The number of amides is 1. The third-order valence-corrected chi connectivity index (χ3v) is 10.5. The first-order valence-electron chi connectivity index (χ1n) is 13.5. The van der Waals surface area contributed by atoms with E-state index in [0.717, 1.165) is 49.4 Å². The summed E-state index contributed by atoms with van der Waals surface area (Å²) in [4.78, 5) is 16.8. The van der Waals surface area contributed by atoms with Gasteiger partial charge in [0, 0.05) is 45.6 Å². The number of aryl methyl sites for hydroxylation is 1. The van der Waals surface area contributed by atoms with E-state index in [-0.39, 0.29) is 35.6 Å². The van der Waals surface area contributed by atoms with Crippen LogP contribution in [0, 0.1) is 12.8 Å². The molecular weight excluding hydrogens is 538 g/mol. The van der Waals surface area contributed by atoms with Crippen LogP contribution >= 0.6 is 11.6 Å². The van der Waals surface area contributed by atoms with Gasteiger partial charge < -0.3 is 15.0 Å². The van der Waals surface area contributed by atoms with Gasteiger partial charge >= 0.3 is 0 Å². The molecule has 8 nitrogen and oxygen atoms in total. The molecule has 0 spiro atoms. The van der Waals surface area contributed by atoms with E-state index in [4.69, 9.17) is 16.3 Å². The van der Waals surface area contributed by atoms with Gasteiger partial charge in [-0.1, -0.05) is 23.7 Å². The molecule has 1 unspecified atom stereocenters. The normalized spacial score (nSPS) is 25.1. The molecule has 12 heteroatoms. The summed E-state index contributed by atoms with van der Waals surface area (Å²) < 4.78 is 62.1. The Bertz CT molecular complexity index is 1040. The van der Waals surface area contributed by atoms with Crippen molar-refractivity contribution in [2.45, 2.75) is 55.9 Å². The topological polar surface area (TPSA) is 82.2 Å². The van der Waals surface area contributed by atoms with Crippen LogP contribution in [-0.2, 0) is 19.6 Å². The van der Waals surface area contributed by atoms with Crippen molar-refractivity contribution in [3.05, 3.63) is 28.8 Å². The summed E-state index contributed by atoms with van der Waals surface area (Å²) in [7, 11) is -4.13. The lowest BCUT2D eigenvalue weighted by Crippen LogP contribution is -2.52. The fraction of sp³-hybridized carbons (Fsp3) is 0.731. The molecule has 4 rings (SSSR count). The number of carbonyl (C=O) groups is 1.